The van der Waals surface area contributed by atoms with Crippen LogP contribution in [0.1, 0.15) is 6.92 Å². The highest BCUT2D eigenvalue weighted by Gasteiger charge is 2.31. The first-order valence-electron chi connectivity index (χ1n) is 7.63. The highest BCUT2D eigenvalue weighted by molar-refractivity contribution is 7.92. The van der Waals surface area contributed by atoms with Crippen LogP contribution in [0.25, 0.3) is 0 Å². The maximum absolute atomic E-state index is 13.3. The number of anilines is 2. The van der Waals surface area contributed by atoms with Crippen LogP contribution in [0.4, 0.5) is 20.2 Å². The van der Waals surface area contributed by atoms with Crippen LogP contribution in [-0.2, 0) is 14.8 Å². The van der Waals surface area contributed by atoms with Gasteiger partial charge in [-0.1, -0.05) is 11.6 Å². The number of methoxy groups -OCH3 is 1. The van der Waals surface area contributed by atoms with Crippen molar-refractivity contribution in [3.8, 4) is 5.75 Å². The van der Waals surface area contributed by atoms with Gasteiger partial charge in [0.1, 0.15) is 11.8 Å². The molecule has 0 fully saturated rings. The molecule has 0 aliphatic carbocycles. The van der Waals surface area contributed by atoms with Crippen molar-refractivity contribution in [2.45, 2.75) is 13.0 Å². The summed E-state index contributed by atoms with van der Waals surface area (Å²) < 4.78 is 57.0. The van der Waals surface area contributed by atoms with E-state index in [1.165, 1.54) is 32.2 Å². The van der Waals surface area contributed by atoms with E-state index in [1.54, 1.807) is 0 Å². The lowest BCUT2D eigenvalue weighted by Gasteiger charge is -2.29. The molecule has 1 N–H and O–H groups in total. The Morgan fingerprint density at radius 3 is 2.41 bits per heavy atom. The fourth-order valence-corrected chi connectivity index (χ4v) is 3.77. The van der Waals surface area contributed by atoms with Crippen molar-refractivity contribution >= 4 is 38.9 Å². The average Bonchev–Trinajstić information content (AvgIpc) is 2.57. The van der Waals surface area contributed by atoms with Gasteiger partial charge in [-0.05, 0) is 37.3 Å². The number of nitrogens with one attached hydrogen (secondary N) is 1. The molecule has 0 saturated heterocycles. The van der Waals surface area contributed by atoms with Gasteiger partial charge in [0, 0.05) is 16.8 Å². The number of amides is 1. The summed E-state index contributed by atoms with van der Waals surface area (Å²) in [5.74, 6) is -2.77. The highest BCUT2D eigenvalue weighted by atomic mass is 35.5. The normalized spacial score (nSPS) is 12.4. The van der Waals surface area contributed by atoms with E-state index < -0.39 is 33.6 Å². The van der Waals surface area contributed by atoms with Crippen LogP contribution in [0, 0.1) is 11.6 Å². The number of sulfonamides is 1. The monoisotopic (exact) mass is 418 g/mol. The van der Waals surface area contributed by atoms with Gasteiger partial charge < -0.3 is 10.1 Å². The molecule has 0 saturated carbocycles. The molecule has 27 heavy (non-hydrogen) atoms. The van der Waals surface area contributed by atoms with Gasteiger partial charge in [-0.3, -0.25) is 9.10 Å². The summed E-state index contributed by atoms with van der Waals surface area (Å²) in [6.45, 7) is 1.34. The Hall–Kier alpha value is -2.39. The maximum Gasteiger partial charge on any atom is 0.247 e. The maximum atomic E-state index is 13.3. The second-order valence-corrected chi connectivity index (χ2v) is 7.96. The SMILES string of the molecule is COc1ccc(Cl)cc1N([C@@H](C)C(=O)Nc1ccc(F)c(F)c1)S(C)(=O)=O. The number of halogens is 3. The van der Waals surface area contributed by atoms with Crippen LogP contribution in [0.5, 0.6) is 5.75 Å². The lowest BCUT2D eigenvalue weighted by atomic mass is 10.2. The number of rotatable bonds is 6. The van der Waals surface area contributed by atoms with Crippen molar-refractivity contribution in [1.29, 1.82) is 0 Å². The van der Waals surface area contributed by atoms with Crippen molar-refractivity contribution in [3.05, 3.63) is 53.1 Å². The third kappa shape index (κ3) is 4.86. The molecule has 0 unspecified atom stereocenters. The molecule has 0 radical (unpaired) electrons. The van der Waals surface area contributed by atoms with Crippen molar-refractivity contribution in [2.24, 2.45) is 0 Å². The van der Waals surface area contributed by atoms with Gasteiger partial charge >= 0.3 is 0 Å². The highest BCUT2D eigenvalue weighted by Crippen LogP contribution is 2.34. The first-order valence-corrected chi connectivity index (χ1v) is 9.86. The summed E-state index contributed by atoms with van der Waals surface area (Å²) >= 11 is 5.96. The lowest BCUT2D eigenvalue weighted by molar-refractivity contribution is -0.116. The molecule has 0 aliphatic rings. The molecular formula is C17H17ClF2N2O4S. The molecule has 146 valence electrons. The number of carbonyl (C=O) groups is 1. The summed E-state index contributed by atoms with van der Waals surface area (Å²) in [6, 6.07) is 5.90. The molecule has 0 heterocycles. The molecule has 2 aromatic carbocycles. The van der Waals surface area contributed by atoms with Gasteiger partial charge in [0.05, 0.1) is 19.1 Å². The predicted octanol–water partition coefficient (Wildman–Crippen LogP) is 3.42. The number of nitrogens with zero attached hydrogens (tertiary/aromatic N) is 1. The molecule has 1 atom stereocenters. The van der Waals surface area contributed by atoms with E-state index in [-0.39, 0.29) is 22.1 Å². The fraction of sp³-hybridized carbons (Fsp3) is 0.235. The fourth-order valence-electron chi connectivity index (χ4n) is 2.44. The Balaban J connectivity index is 2.41. The van der Waals surface area contributed by atoms with Crippen LogP contribution in [0.2, 0.25) is 5.02 Å². The minimum Gasteiger partial charge on any atom is -0.495 e. The van der Waals surface area contributed by atoms with Crippen molar-refractivity contribution in [2.75, 3.05) is 23.0 Å². The molecule has 2 aromatic rings. The van der Waals surface area contributed by atoms with E-state index in [1.807, 2.05) is 0 Å². The van der Waals surface area contributed by atoms with Gasteiger partial charge in [-0.25, -0.2) is 17.2 Å². The first kappa shape index (κ1) is 20.9. The number of hydrogen-bond donors (Lipinski definition) is 1. The summed E-state index contributed by atoms with van der Waals surface area (Å²) in [5, 5.41) is 2.60. The molecule has 6 nitrogen and oxygen atoms in total. The Morgan fingerprint density at radius 1 is 1.19 bits per heavy atom. The van der Waals surface area contributed by atoms with Crippen LogP contribution in [-0.4, -0.2) is 33.7 Å². The summed E-state index contributed by atoms with van der Waals surface area (Å²) in [7, 11) is -2.57. The zero-order valence-corrected chi connectivity index (χ0v) is 16.2. The summed E-state index contributed by atoms with van der Waals surface area (Å²) in [4.78, 5) is 12.5. The molecule has 2 rings (SSSR count). The molecular weight excluding hydrogens is 402 g/mol. The molecule has 0 bridgehead atoms. The van der Waals surface area contributed by atoms with Crippen LogP contribution < -0.4 is 14.4 Å². The van der Waals surface area contributed by atoms with E-state index in [9.17, 15) is 22.0 Å². The van der Waals surface area contributed by atoms with E-state index in [4.69, 9.17) is 16.3 Å². The van der Waals surface area contributed by atoms with Gasteiger partial charge in [-0.15, -0.1) is 0 Å². The Morgan fingerprint density at radius 2 is 1.85 bits per heavy atom. The molecule has 0 aromatic heterocycles. The standard InChI is InChI=1S/C17H17ClF2N2O4S/c1-10(17(23)21-12-5-6-13(19)14(20)9-12)22(27(3,24)25)15-8-11(18)4-7-16(15)26-2/h4-10H,1-3H3,(H,21,23)/t10-/m0/s1. The Kier molecular flexibility index (Phi) is 6.27. The number of hydrogen-bond acceptors (Lipinski definition) is 4. The molecule has 10 heteroatoms. The van der Waals surface area contributed by atoms with Gasteiger partial charge in [0.25, 0.3) is 0 Å². The van der Waals surface area contributed by atoms with Gasteiger partial charge in [0.15, 0.2) is 11.6 Å². The molecule has 0 spiro atoms. The van der Waals surface area contributed by atoms with E-state index in [0.717, 1.165) is 28.8 Å². The largest absolute Gasteiger partial charge is 0.495 e. The van der Waals surface area contributed by atoms with Crippen molar-refractivity contribution in [1.82, 2.24) is 0 Å². The zero-order valence-electron chi connectivity index (χ0n) is 14.7. The van der Waals surface area contributed by atoms with Crippen molar-refractivity contribution < 1.29 is 26.7 Å². The minimum atomic E-state index is -3.92. The van der Waals surface area contributed by atoms with E-state index >= 15 is 0 Å². The molecule has 1 amide bonds. The Bertz CT molecular complexity index is 969. The predicted molar refractivity (Wildman–Crippen MR) is 99.8 cm³/mol. The van der Waals surface area contributed by atoms with Crippen LogP contribution in [0.3, 0.4) is 0 Å². The van der Waals surface area contributed by atoms with Crippen LogP contribution in [0.15, 0.2) is 36.4 Å². The summed E-state index contributed by atoms with van der Waals surface area (Å²) in [5.41, 5.74) is 0.0534. The number of ether oxygens (including phenoxy) is 1. The second-order valence-electron chi connectivity index (χ2n) is 5.67. The average molecular weight is 419 g/mol. The van der Waals surface area contributed by atoms with E-state index in [2.05, 4.69) is 5.32 Å². The van der Waals surface area contributed by atoms with E-state index in [0.29, 0.717) is 0 Å². The minimum absolute atomic E-state index is 0.0164. The van der Waals surface area contributed by atoms with Gasteiger partial charge in [-0.2, -0.15) is 0 Å². The first-order chi connectivity index (χ1) is 12.5. The summed E-state index contributed by atoms with van der Waals surface area (Å²) in [6.07, 6.45) is 0.925. The second kappa shape index (κ2) is 8.10. The quantitative estimate of drug-likeness (QED) is 0.779. The van der Waals surface area contributed by atoms with Crippen LogP contribution >= 0.6 is 11.6 Å². The molecule has 0 aliphatic heterocycles. The van der Waals surface area contributed by atoms with Crippen molar-refractivity contribution in [3.63, 3.8) is 0 Å². The third-order valence-electron chi connectivity index (χ3n) is 3.65. The smallest absolute Gasteiger partial charge is 0.247 e. The Labute approximate surface area is 160 Å². The number of carbonyl (C=O) groups excluding carboxylic acids is 1. The zero-order chi connectivity index (χ0) is 20.4. The topological polar surface area (TPSA) is 75.7 Å². The number of benzene rings is 2. The third-order valence-corrected chi connectivity index (χ3v) is 5.12. The lowest BCUT2D eigenvalue weighted by Crippen LogP contribution is -2.45. The van der Waals surface area contributed by atoms with Gasteiger partial charge in [0.2, 0.25) is 15.9 Å².